The number of aryl methyl sites for hydroxylation is 1. The van der Waals surface area contributed by atoms with Crippen molar-refractivity contribution in [1.29, 1.82) is 0 Å². The summed E-state index contributed by atoms with van der Waals surface area (Å²) in [6.07, 6.45) is 1.23. The highest BCUT2D eigenvalue weighted by Crippen LogP contribution is 2.28. The van der Waals surface area contributed by atoms with Crippen LogP contribution in [0.15, 0.2) is 65.9 Å². The summed E-state index contributed by atoms with van der Waals surface area (Å²) in [7, 11) is 1.62. The third-order valence-corrected chi connectivity index (χ3v) is 6.96. The molecule has 0 saturated carbocycles. The van der Waals surface area contributed by atoms with Crippen molar-refractivity contribution in [2.24, 2.45) is 48.2 Å². The van der Waals surface area contributed by atoms with Crippen molar-refractivity contribution in [1.82, 2.24) is 20.5 Å². The molecule has 0 aromatic heterocycles. The van der Waals surface area contributed by atoms with Crippen molar-refractivity contribution in [2.75, 3.05) is 26.7 Å². The van der Waals surface area contributed by atoms with E-state index in [-0.39, 0.29) is 28.6 Å². The van der Waals surface area contributed by atoms with Gasteiger partial charge in [0.05, 0.1) is 19.2 Å². The van der Waals surface area contributed by atoms with Crippen LogP contribution in [0.3, 0.4) is 0 Å². The fourth-order valence-corrected chi connectivity index (χ4v) is 4.77. The third-order valence-electron chi connectivity index (χ3n) is 6.69. The van der Waals surface area contributed by atoms with Crippen molar-refractivity contribution in [3.05, 3.63) is 40.8 Å². The van der Waals surface area contributed by atoms with Crippen molar-refractivity contribution in [2.45, 2.75) is 37.4 Å². The number of hydrazine groups is 1. The predicted octanol–water partition coefficient (Wildman–Crippen LogP) is 0.0380. The van der Waals surface area contributed by atoms with Gasteiger partial charge in [0.15, 0.2) is 22.9 Å². The zero-order chi connectivity index (χ0) is 28.0. The van der Waals surface area contributed by atoms with Gasteiger partial charge in [0.1, 0.15) is 5.75 Å². The van der Waals surface area contributed by atoms with Crippen LogP contribution in [0.1, 0.15) is 24.8 Å². The van der Waals surface area contributed by atoms with E-state index in [1.807, 2.05) is 29.2 Å². The molecular weight excluding hydrogens is 530 g/mol. The largest absolute Gasteiger partial charge is 0.497 e. The number of methoxy groups -OCH3 is 1. The van der Waals surface area contributed by atoms with Gasteiger partial charge in [0.2, 0.25) is 11.9 Å². The molecular formula is C22H30ClN13O3. The minimum Gasteiger partial charge on any atom is -0.497 e. The quantitative estimate of drug-likeness (QED) is 0.131. The number of piperidine rings is 1. The number of ether oxygens (including phenoxy) is 1. The van der Waals surface area contributed by atoms with E-state index in [0.29, 0.717) is 45.3 Å². The Balaban J connectivity index is 1.36. The van der Waals surface area contributed by atoms with Crippen molar-refractivity contribution in [3.63, 3.8) is 0 Å². The average molecular weight is 560 g/mol. The van der Waals surface area contributed by atoms with Gasteiger partial charge in [-0.1, -0.05) is 34.2 Å². The second kappa shape index (κ2) is 12.0. The molecule has 0 bridgehead atoms. The number of hydrogen-bond acceptors (Lipinski definition) is 10. The molecule has 16 nitrogen and oxygen atoms in total. The standard InChI is InChI=1S/C22H30ClN13O3/c1-39-14-5-2-13(3-6-14)4-7-15(37)35-10-8-22(9-11-35)12-36(26)21(30-22)29-20(38)16-18(31-33-24)28-19(32-34-25)17(23)27-16/h2-3,5-6,18,28H,4,7-12,26H2,1H3,(H2,24,31)(H2,25,32)(H,29,30,38). The van der Waals surface area contributed by atoms with E-state index in [9.17, 15) is 9.59 Å². The molecule has 1 spiro atoms. The summed E-state index contributed by atoms with van der Waals surface area (Å²) in [6.45, 7) is 1.52. The normalized spacial score (nSPS) is 22.0. The van der Waals surface area contributed by atoms with E-state index in [1.54, 1.807) is 7.11 Å². The van der Waals surface area contributed by atoms with Gasteiger partial charge >= 0.3 is 0 Å². The van der Waals surface area contributed by atoms with Gasteiger partial charge in [-0.05, 0) is 37.0 Å². The number of aliphatic imine (C=N–C) groups is 2. The van der Waals surface area contributed by atoms with Crippen LogP contribution in [0.25, 0.3) is 0 Å². The Labute approximate surface area is 229 Å². The Kier molecular flexibility index (Phi) is 8.55. The van der Waals surface area contributed by atoms with Crippen LogP contribution in [-0.4, -0.2) is 71.8 Å². The molecule has 2 saturated heterocycles. The fraction of sp³-hybridized carbons (Fsp3) is 0.455. The molecule has 1 aromatic carbocycles. The zero-order valence-electron chi connectivity index (χ0n) is 21.2. The summed E-state index contributed by atoms with van der Waals surface area (Å²) >= 11 is 6.06. The van der Waals surface area contributed by atoms with Crippen molar-refractivity contribution in [3.8, 4) is 5.75 Å². The first-order valence-corrected chi connectivity index (χ1v) is 12.5. The Hall–Kier alpha value is -4.31. The Morgan fingerprint density at radius 3 is 2.56 bits per heavy atom. The lowest BCUT2D eigenvalue weighted by Crippen LogP contribution is -2.54. The number of hydrogen-bond donors (Lipinski definition) is 5. The Morgan fingerprint density at radius 1 is 1.21 bits per heavy atom. The average Bonchev–Trinajstić information content (AvgIpc) is 3.23. The number of rotatable bonds is 7. The van der Waals surface area contributed by atoms with Gasteiger partial charge in [-0.15, -0.1) is 10.2 Å². The van der Waals surface area contributed by atoms with Crippen LogP contribution in [0.5, 0.6) is 5.75 Å². The number of nitrogens with one attached hydrogen (secondary N) is 2. The van der Waals surface area contributed by atoms with Gasteiger partial charge in [-0.25, -0.2) is 10.8 Å². The van der Waals surface area contributed by atoms with E-state index in [1.165, 1.54) is 5.01 Å². The van der Waals surface area contributed by atoms with Gasteiger partial charge in [0, 0.05) is 19.5 Å². The fourth-order valence-electron chi connectivity index (χ4n) is 4.58. The van der Waals surface area contributed by atoms with Gasteiger partial charge in [0.25, 0.3) is 5.91 Å². The molecule has 3 aliphatic heterocycles. The summed E-state index contributed by atoms with van der Waals surface area (Å²) in [5.41, 5.74) is 0.464. The summed E-state index contributed by atoms with van der Waals surface area (Å²) in [5.74, 6) is 16.7. The number of guanidine groups is 1. The predicted molar refractivity (Wildman–Crippen MR) is 142 cm³/mol. The number of halogens is 1. The molecule has 8 N–H and O–H groups in total. The molecule has 3 aliphatic rings. The van der Waals surface area contributed by atoms with Crippen LogP contribution in [0, 0.1) is 0 Å². The highest BCUT2D eigenvalue weighted by atomic mass is 35.5. The molecule has 208 valence electrons. The number of amides is 2. The van der Waals surface area contributed by atoms with E-state index in [2.05, 4.69) is 41.3 Å². The van der Waals surface area contributed by atoms with Gasteiger partial charge in [-0.2, -0.15) is 4.99 Å². The minimum atomic E-state index is -1.11. The first kappa shape index (κ1) is 27.7. The Bertz CT molecular complexity index is 1240. The molecule has 2 fully saturated rings. The number of carbonyl (C=O) groups excluding carboxylic acids is 2. The molecule has 0 aliphatic carbocycles. The molecule has 0 radical (unpaired) electrons. The zero-order valence-corrected chi connectivity index (χ0v) is 22.0. The van der Waals surface area contributed by atoms with Crippen molar-refractivity contribution < 1.29 is 14.3 Å². The maximum absolute atomic E-state index is 13.0. The SMILES string of the molecule is COc1ccc(CCC(=O)N2CCC3(CC2)CN(N)/C(=N\C(=O)C2=NC(Cl)=C(N=NN)NC2N=NN)N3)cc1. The van der Waals surface area contributed by atoms with Crippen LogP contribution in [-0.2, 0) is 16.0 Å². The number of nitrogens with zero attached hydrogens (tertiary/aromatic N) is 8. The molecule has 1 atom stereocenters. The second-order valence-electron chi connectivity index (χ2n) is 9.13. The van der Waals surface area contributed by atoms with Crippen LogP contribution >= 0.6 is 11.6 Å². The van der Waals surface area contributed by atoms with Crippen LogP contribution < -0.4 is 32.9 Å². The minimum absolute atomic E-state index is 0.00975. The van der Waals surface area contributed by atoms with Crippen LogP contribution in [0.2, 0.25) is 0 Å². The highest BCUT2D eigenvalue weighted by molar-refractivity contribution is 6.44. The number of likely N-dealkylation sites (tertiary alicyclic amines) is 1. The number of benzene rings is 1. The topological polar surface area (TPSA) is 226 Å². The van der Waals surface area contributed by atoms with E-state index in [4.69, 9.17) is 33.9 Å². The maximum Gasteiger partial charge on any atom is 0.298 e. The summed E-state index contributed by atoms with van der Waals surface area (Å²) in [5, 5.41) is 20.8. The lowest BCUT2D eigenvalue weighted by Gasteiger charge is -2.38. The first-order valence-electron chi connectivity index (χ1n) is 12.1. The smallest absolute Gasteiger partial charge is 0.298 e. The molecule has 17 heteroatoms. The lowest BCUT2D eigenvalue weighted by atomic mass is 9.88. The molecule has 1 unspecified atom stereocenters. The molecule has 3 heterocycles. The second-order valence-corrected chi connectivity index (χ2v) is 9.49. The molecule has 39 heavy (non-hydrogen) atoms. The van der Waals surface area contributed by atoms with E-state index < -0.39 is 17.6 Å². The van der Waals surface area contributed by atoms with Crippen LogP contribution in [0.4, 0.5) is 0 Å². The number of nitrogens with two attached hydrogens (primary N) is 3. The van der Waals surface area contributed by atoms with Crippen molar-refractivity contribution >= 4 is 35.1 Å². The van der Waals surface area contributed by atoms with E-state index >= 15 is 0 Å². The first-order chi connectivity index (χ1) is 18.8. The monoisotopic (exact) mass is 559 g/mol. The molecule has 1 aromatic rings. The lowest BCUT2D eigenvalue weighted by molar-refractivity contribution is -0.132. The molecule has 2 amide bonds. The Morgan fingerprint density at radius 2 is 1.92 bits per heavy atom. The third kappa shape index (κ3) is 6.40. The summed E-state index contributed by atoms with van der Waals surface area (Å²) in [6, 6.07) is 7.69. The number of carbonyl (C=O) groups is 2. The highest BCUT2D eigenvalue weighted by Gasteiger charge is 2.44. The molecule has 4 rings (SSSR count). The summed E-state index contributed by atoms with van der Waals surface area (Å²) in [4.78, 5) is 35.8. The summed E-state index contributed by atoms with van der Waals surface area (Å²) < 4.78 is 5.17. The maximum atomic E-state index is 13.0. The van der Waals surface area contributed by atoms with Gasteiger partial charge in [-0.3, -0.25) is 14.6 Å². The van der Waals surface area contributed by atoms with Gasteiger partial charge < -0.3 is 32.0 Å². The van der Waals surface area contributed by atoms with E-state index in [0.717, 1.165) is 11.3 Å².